The van der Waals surface area contributed by atoms with Crippen molar-refractivity contribution in [3.8, 4) is 0 Å². The molecule has 0 fully saturated rings. The molecule has 102 valence electrons. The van der Waals surface area contributed by atoms with Gasteiger partial charge in [0.15, 0.2) is 0 Å². The lowest BCUT2D eigenvalue weighted by atomic mass is 10.2. The third kappa shape index (κ3) is 4.87. The average molecular weight is 252 g/mol. The summed E-state index contributed by atoms with van der Waals surface area (Å²) in [4.78, 5) is 8.20. The summed E-state index contributed by atoms with van der Waals surface area (Å²) in [6, 6.07) is 0. The van der Waals surface area contributed by atoms with Crippen LogP contribution >= 0.6 is 0 Å². The van der Waals surface area contributed by atoms with Gasteiger partial charge in [-0.1, -0.05) is 20.8 Å². The number of nitrogens with zero attached hydrogens (tertiary/aromatic N) is 2. The van der Waals surface area contributed by atoms with Crippen LogP contribution in [-0.2, 0) is 11.2 Å². The molecule has 0 amide bonds. The molecule has 0 spiro atoms. The summed E-state index contributed by atoms with van der Waals surface area (Å²) < 4.78 is 5.52. The number of nitrogen functional groups attached to an aromatic ring is 1. The van der Waals surface area contributed by atoms with Crippen LogP contribution in [0.15, 0.2) is 6.33 Å². The molecule has 1 rings (SSSR count). The Labute approximate surface area is 109 Å². The molecule has 1 aromatic heterocycles. The van der Waals surface area contributed by atoms with E-state index in [-0.39, 0.29) is 0 Å². The highest BCUT2D eigenvalue weighted by molar-refractivity contribution is 5.54. The third-order valence-corrected chi connectivity index (χ3v) is 2.54. The van der Waals surface area contributed by atoms with Gasteiger partial charge < -0.3 is 15.8 Å². The summed E-state index contributed by atoms with van der Waals surface area (Å²) in [5.74, 6) is 1.99. The minimum atomic E-state index is 0.561. The Bertz CT molecular complexity index is 355. The van der Waals surface area contributed by atoms with E-state index in [0.717, 1.165) is 44.0 Å². The van der Waals surface area contributed by atoms with Crippen molar-refractivity contribution in [2.24, 2.45) is 5.92 Å². The van der Waals surface area contributed by atoms with Crippen LogP contribution < -0.4 is 11.1 Å². The van der Waals surface area contributed by atoms with Gasteiger partial charge in [0.25, 0.3) is 0 Å². The smallest absolute Gasteiger partial charge is 0.134 e. The second kappa shape index (κ2) is 7.87. The van der Waals surface area contributed by atoms with Crippen LogP contribution in [0.4, 0.5) is 11.6 Å². The molecule has 0 saturated carbocycles. The zero-order valence-electron chi connectivity index (χ0n) is 11.6. The van der Waals surface area contributed by atoms with Crippen molar-refractivity contribution in [2.75, 3.05) is 30.8 Å². The predicted octanol–water partition coefficient (Wildman–Crippen LogP) is 2.10. The predicted molar refractivity (Wildman–Crippen MR) is 74.6 cm³/mol. The van der Waals surface area contributed by atoms with Gasteiger partial charge in [0.05, 0.1) is 0 Å². The minimum Gasteiger partial charge on any atom is -0.383 e. The van der Waals surface area contributed by atoms with Crippen LogP contribution in [0, 0.1) is 5.92 Å². The normalized spacial score (nSPS) is 10.9. The Hall–Kier alpha value is -1.36. The molecule has 0 saturated heterocycles. The first-order valence-electron chi connectivity index (χ1n) is 6.56. The molecule has 0 aliphatic rings. The van der Waals surface area contributed by atoms with Crippen LogP contribution in [0.25, 0.3) is 0 Å². The summed E-state index contributed by atoms with van der Waals surface area (Å²) >= 11 is 0. The monoisotopic (exact) mass is 252 g/mol. The summed E-state index contributed by atoms with van der Waals surface area (Å²) in [6.45, 7) is 8.77. The Morgan fingerprint density at radius 1 is 1.39 bits per heavy atom. The van der Waals surface area contributed by atoms with Crippen molar-refractivity contribution >= 4 is 11.6 Å². The van der Waals surface area contributed by atoms with E-state index in [0.29, 0.717) is 11.7 Å². The molecule has 3 N–H and O–H groups in total. The number of rotatable bonds is 8. The molecular weight excluding hydrogens is 228 g/mol. The number of hydrogen-bond acceptors (Lipinski definition) is 5. The van der Waals surface area contributed by atoms with E-state index < -0.39 is 0 Å². The Balaban J connectivity index is 2.29. The first-order chi connectivity index (χ1) is 8.65. The van der Waals surface area contributed by atoms with Crippen molar-refractivity contribution < 1.29 is 4.74 Å². The Kier molecular flexibility index (Phi) is 6.43. The molecule has 1 aromatic rings. The minimum absolute atomic E-state index is 0.561. The summed E-state index contributed by atoms with van der Waals surface area (Å²) in [7, 11) is 0. The topological polar surface area (TPSA) is 73.1 Å². The molecule has 0 bridgehead atoms. The van der Waals surface area contributed by atoms with E-state index >= 15 is 0 Å². The van der Waals surface area contributed by atoms with Crippen molar-refractivity contribution in [1.29, 1.82) is 0 Å². The van der Waals surface area contributed by atoms with Crippen LogP contribution in [-0.4, -0.2) is 29.7 Å². The zero-order chi connectivity index (χ0) is 13.4. The average Bonchev–Trinajstić information content (AvgIpc) is 2.33. The third-order valence-electron chi connectivity index (χ3n) is 2.54. The fourth-order valence-electron chi connectivity index (χ4n) is 1.63. The van der Waals surface area contributed by atoms with Gasteiger partial charge in [-0.15, -0.1) is 0 Å². The summed E-state index contributed by atoms with van der Waals surface area (Å²) in [5.41, 5.74) is 6.79. The lowest BCUT2D eigenvalue weighted by Gasteiger charge is -2.11. The summed E-state index contributed by atoms with van der Waals surface area (Å²) in [5, 5.41) is 3.28. The second-order valence-electron chi connectivity index (χ2n) is 4.69. The number of aromatic nitrogens is 2. The molecule has 0 aliphatic carbocycles. The number of anilines is 2. The first-order valence-corrected chi connectivity index (χ1v) is 6.56. The SMILES string of the molecule is CCc1c(N)ncnc1NCCCOCC(C)C. The number of ether oxygens (including phenoxy) is 1. The van der Waals surface area contributed by atoms with E-state index in [1.165, 1.54) is 6.33 Å². The molecule has 0 aliphatic heterocycles. The van der Waals surface area contributed by atoms with Gasteiger partial charge in [-0.25, -0.2) is 9.97 Å². The number of nitrogens with one attached hydrogen (secondary N) is 1. The maximum absolute atomic E-state index is 5.80. The molecule has 0 unspecified atom stereocenters. The van der Waals surface area contributed by atoms with Crippen molar-refractivity contribution in [2.45, 2.75) is 33.6 Å². The number of hydrogen-bond donors (Lipinski definition) is 2. The van der Waals surface area contributed by atoms with Gasteiger partial charge in [0.2, 0.25) is 0 Å². The quantitative estimate of drug-likeness (QED) is 0.693. The van der Waals surface area contributed by atoms with Gasteiger partial charge >= 0.3 is 0 Å². The van der Waals surface area contributed by atoms with Crippen LogP contribution in [0.2, 0.25) is 0 Å². The largest absolute Gasteiger partial charge is 0.383 e. The highest BCUT2D eigenvalue weighted by atomic mass is 16.5. The molecule has 1 heterocycles. The number of nitrogens with two attached hydrogens (primary N) is 1. The Morgan fingerprint density at radius 2 is 2.17 bits per heavy atom. The van der Waals surface area contributed by atoms with Crippen LogP contribution in [0.5, 0.6) is 0 Å². The van der Waals surface area contributed by atoms with Gasteiger partial charge in [0.1, 0.15) is 18.0 Å². The lowest BCUT2D eigenvalue weighted by Crippen LogP contribution is -2.11. The lowest BCUT2D eigenvalue weighted by molar-refractivity contribution is 0.110. The standard InChI is InChI=1S/C13H24N4O/c1-4-11-12(14)16-9-17-13(11)15-6-5-7-18-8-10(2)3/h9-10H,4-8H2,1-3H3,(H3,14,15,16,17). The fraction of sp³-hybridized carbons (Fsp3) is 0.692. The highest BCUT2D eigenvalue weighted by Crippen LogP contribution is 2.17. The van der Waals surface area contributed by atoms with E-state index in [1.807, 2.05) is 6.92 Å². The Morgan fingerprint density at radius 3 is 2.83 bits per heavy atom. The first kappa shape index (κ1) is 14.7. The molecular formula is C13H24N4O. The van der Waals surface area contributed by atoms with Gasteiger partial charge in [-0.3, -0.25) is 0 Å². The molecule has 0 atom stereocenters. The van der Waals surface area contributed by atoms with E-state index in [4.69, 9.17) is 10.5 Å². The maximum Gasteiger partial charge on any atom is 0.134 e. The van der Waals surface area contributed by atoms with E-state index in [9.17, 15) is 0 Å². The molecule has 0 radical (unpaired) electrons. The molecule has 5 heteroatoms. The highest BCUT2D eigenvalue weighted by Gasteiger charge is 2.05. The van der Waals surface area contributed by atoms with E-state index in [2.05, 4.69) is 29.1 Å². The zero-order valence-corrected chi connectivity index (χ0v) is 11.6. The van der Waals surface area contributed by atoms with Crippen molar-refractivity contribution in [1.82, 2.24) is 9.97 Å². The van der Waals surface area contributed by atoms with Gasteiger partial charge in [-0.05, 0) is 18.8 Å². The molecule has 0 aromatic carbocycles. The molecule has 18 heavy (non-hydrogen) atoms. The molecule has 5 nitrogen and oxygen atoms in total. The maximum atomic E-state index is 5.80. The van der Waals surface area contributed by atoms with Crippen molar-refractivity contribution in [3.63, 3.8) is 0 Å². The van der Waals surface area contributed by atoms with Gasteiger partial charge in [0, 0.05) is 25.3 Å². The second-order valence-corrected chi connectivity index (χ2v) is 4.69. The van der Waals surface area contributed by atoms with Crippen LogP contribution in [0.3, 0.4) is 0 Å². The summed E-state index contributed by atoms with van der Waals surface area (Å²) in [6.07, 6.45) is 3.28. The van der Waals surface area contributed by atoms with E-state index in [1.54, 1.807) is 0 Å². The fourth-order valence-corrected chi connectivity index (χ4v) is 1.63. The van der Waals surface area contributed by atoms with Crippen molar-refractivity contribution in [3.05, 3.63) is 11.9 Å². The van der Waals surface area contributed by atoms with Crippen LogP contribution in [0.1, 0.15) is 32.8 Å². The van der Waals surface area contributed by atoms with Gasteiger partial charge in [-0.2, -0.15) is 0 Å².